The van der Waals surface area contributed by atoms with E-state index in [1.807, 2.05) is 24.5 Å². The predicted molar refractivity (Wildman–Crippen MR) is 104 cm³/mol. The number of nitrogens with zero attached hydrogens (tertiary/aromatic N) is 4. The number of fused-ring (bicyclic) bond motifs is 2. The van der Waals surface area contributed by atoms with Crippen molar-refractivity contribution in [2.24, 2.45) is 0 Å². The molecule has 0 radical (unpaired) electrons. The summed E-state index contributed by atoms with van der Waals surface area (Å²) < 4.78 is 7.58. The number of nitrogens with one attached hydrogen (secondary N) is 1. The summed E-state index contributed by atoms with van der Waals surface area (Å²) >= 11 is 0. The molecule has 0 aliphatic carbocycles. The van der Waals surface area contributed by atoms with Crippen molar-refractivity contribution >= 4 is 21.9 Å². The summed E-state index contributed by atoms with van der Waals surface area (Å²) in [4.78, 5) is 12.3. The lowest BCUT2D eigenvalue weighted by Gasteiger charge is -1.99. The molecule has 0 spiro atoms. The Hall–Kier alpha value is -3.41. The van der Waals surface area contributed by atoms with Crippen molar-refractivity contribution in [2.45, 2.75) is 26.3 Å². The number of para-hydroxylation sites is 1. The van der Waals surface area contributed by atoms with Crippen LogP contribution in [0.5, 0.6) is 0 Å². The van der Waals surface area contributed by atoms with E-state index >= 15 is 0 Å². The van der Waals surface area contributed by atoms with Gasteiger partial charge in [-0.1, -0.05) is 23.4 Å². The molecule has 0 atom stereocenters. The van der Waals surface area contributed by atoms with E-state index in [4.69, 9.17) is 4.52 Å². The van der Waals surface area contributed by atoms with Gasteiger partial charge in [-0.2, -0.15) is 4.98 Å². The van der Waals surface area contributed by atoms with Gasteiger partial charge in [-0.25, -0.2) is 4.98 Å². The van der Waals surface area contributed by atoms with Crippen LogP contribution in [-0.4, -0.2) is 24.7 Å². The first kappa shape index (κ1) is 15.8. The highest BCUT2D eigenvalue weighted by atomic mass is 16.5. The third-order valence-corrected chi connectivity index (χ3v) is 4.97. The maximum atomic E-state index is 5.47. The second-order valence-corrected chi connectivity index (χ2v) is 6.61. The molecule has 0 amide bonds. The number of H-pyrrole nitrogens is 1. The first-order valence-corrected chi connectivity index (χ1v) is 9.14. The third kappa shape index (κ3) is 2.79. The normalized spacial score (nSPS) is 11.6. The van der Waals surface area contributed by atoms with E-state index in [-0.39, 0.29) is 0 Å². The molecule has 0 saturated carbocycles. The summed E-state index contributed by atoms with van der Waals surface area (Å²) in [7, 11) is 0. The summed E-state index contributed by atoms with van der Waals surface area (Å²) in [6.45, 7) is 3.00. The van der Waals surface area contributed by atoms with E-state index in [9.17, 15) is 0 Å². The first-order valence-electron chi connectivity index (χ1n) is 9.14. The van der Waals surface area contributed by atoms with Crippen molar-refractivity contribution in [1.29, 1.82) is 0 Å². The molecular formula is C21H19N5O. The lowest BCUT2D eigenvalue weighted by atomic mass is 10.1. The minimum Gasteiger partial charge on any atom is -0.361 e. The van der Waals surface area contributed by atoms with Gasteiger partial charge in [-0.15, -0.1) is 0 Å². The zero-order valence-electron chi connectivity index (χ0n) is 15.0. The Balaban J connectivity index is 1.36. The standard InChI is InChI=1S/C21H19N5O/c1-2-26-13-23-18-11-14(7-9-19(18)26)21-24-20(27-25-21)10-8-15-12-22-17-6-4-3-5-16(15)17/h3-7,9,11-13,22H,2,8,10H2,1H3. The average Bonchev–Trinajstić information content (AvgIpc) is 3.43. The summed E-state index contributed by atoms with van der Waals surface area (Å²) in [6, 6.07) is 14.4. The number of hydrogen-bond donors (Lipinski definition) is 1. The molecule has 6 nitrogen and oxygen atoms in total. The molecule has 0 saturated heterocycles. The maximum Gasteiger partial charge on any atom is 0.227 e. The smallest absolute Gasteiger partial charge is 0.227 e. The van der Waals surface area contributed by atoms with Gasteiger partial charge < -0.3 is 14.1 Å². The van der Waals surface area contributed by atoms with Crippen molar-refractivity contribution in [1.82, 2.24) is 24.7 Å². The summed E-state index contributed by atoms with van der Waals surface area (Å²) in [6.07, 6.45) is 5.48. The van der Waals surface area contributed by atoms with Crippen LogP contribution in [0.3, 0.4) is 0 Å². The van der Waals surface area contributed by atoms with E-state index in [0.717, 1.165) is 35.1 Å². The number of benzene rings is 2. The lowest BCUT2D eigenvalue weighted by molar-refractivity contribution is 0.379. The number of aromatic nitrogens is 5. The number of hydrogen-bond acceptors (Lipinski definition) is 4. The minimum absolute atomic E-state index is 0.608. The van der Waals surface area contributed by atoms with Crippen LogP contribution in [0.15, 0.2) is 59.5 Å². The van der Waals surface area contributed by atoms with Crippen LogP contribution in [0.4, 0.5) is 0 Å². The highest BCUT2D eigenvalue weighted by Gasteiger charge is 2.12. The third-order valence-electron chi connectivity index (χ3n) is 4.97. The zero-order valence-corrected chi connectivity index (χ0v) is 15.0. The van der Waals surface area contributed by atoms with Crippen LogP contribution < -0.4 is 0 Å². The Bertz CT molecular complexity index is 1230. The molecule has 0 aliphatic heterocycles. The molecule has 6 heteroatoms. The molecule has 2 aromatic carbocycles. The molecule has 5 rings (SSSR count). The van der Waals surface area contributed by atoms with Crippen molar-refractivity contribution in [3.8, 4) is 11.4 Å². The number of rotatable bonds is 5. The lowest BCUT2D eigenvalue weighted by Crippen LogP contribution is -1.91. The van der Waals surface area contributed by atoms with Gasteiger partial charge in [0.2, 0.25) is 11.7 Å². The number of aromatic amines is 1. The summed E-state index contributed by atoms with van der Waals surface area (Å²) in [5, 5.41) is 5.40. The van der Waals surface area contributed by atoms with Crippen molar-refractivity contribution < 1.29 is 4.52 Å². The fourth-order valence-electron chi connectivity index (χ4n) is 3.51. The average molecular weight is 357 g/mol. The first-order chi connectivity index (χ1) is 13.3. The fraction of sp³-hybridized carbons (Fsp3) is 0.190. The molecule has 134 valence electrons. The molecule has 3 heterocycles. The Labute approximate surface area is 155 Å². The van der Waals surface area contributed by atoms with E-state index in [1.165, 1.54) is 10.9 Å². The number of imidazole rings is 1. The molecule has 27 heavy (non-hydrogen) atoms. The Morgan fingerprint density at radius 1 is 1.11 bits per heavy atom. The van der Waals surface area contributed by atoms with Gasteiger partial charge in [-0.05, 0) is 43.2 Å². The molecule has 0 fully saturated rings. The second-order valence-electron chi connectivity index (χ2n) is 6.61. The van der Waals surface area contributed by atoms with Crippen LogP contribution in [0.2, 0.25) is 0 Å². The molecule has 0 aliphatic rings. The Morgan fingerprint density at radius 2 is 2.04 bits per heavy atom. The molecule has 0 unspecified atom stereocenters. The summed E-state index contributed by atoms with van der Waals surface area (Å²) in [5.41, 5.74) is 5.39. The van der Waals surface area contributed by atoms with Crippen LogP contribution in [0.1, 0.15) is 18.4 Å². The SMILES string of the molecule is CCn1cnc2cc(-c3noc(CCc4c[nH]c5ccccc45)n3)ccc21. The Morgan fingerprint density at radius 3 is 2.96 bits per heavy atom. The van der Waals surface area contributed by atoms with Crippen LogP contribution in [0.25, 0.3) is 33.3 Å². The predicted octanol–water partition coefficient (Wildman–Crippen LogP) is 4.37. The van der Waals surface area contributed by atoms with Gasteiger partial charge in [0.15, 0.2) is 0 Å². The van der Waals surface area contributed by atoms with Crippen molar-refractivity contribution in [3.05, 3.63) is 66.4 Å². The topological polar surface area (TPSA) is 72.5 Å². The highest BCUT2D eigenvalue weighted by Crippen LogP contribution is 2.23. The van der Waals surface area contributed by atoms with Gasteiger partial charge in [-0.3, -0.25) is 0 Å². The van der Waals surface area contributed by atoms with Crippen LogP contribution in [0, 0.1) is 0 Å². The molecular weight excluding hydrogens is 338 g/mol. The van der Waals surface area contributed by atoms with E-state index in [0.29, 0.717) is 18.1 Å². The molecule has 1 N–H and O–H groups in total. The second kappa shape index (κ2) is 6.39. The van der Waals surface area contributed by atoms with E-state index in [2.05, 4.69) is 62.1 Å². The van der Waals surface area contributed by atoms with Gasteiger partial charge >= 0.3 is 0 Å². The maximum absolute atomic E-state index is 5.47. The van der Waals surface area contributed by atoms with Gasteiger partial charge in [0.25, 0.3) is 0 Å². The minimum atomic E-state index is 0.608. The van der Waals surface area contributed by atoms with Gasteiger partial charge in [0.05, 0.1) is 17.4 Å². The zero-order chi connectivity index (χ0) is 18.2. The fourth-order valence-corrected chi connectivity index (χ4v) is 3.51. The van der Waals surface area contributed by atoms with Gasteiger partial charge in [0.1, 0.15) is 0 Å². The Kier molecular flexibility index (Phi) is 3.74. The van der Waals surface area contributed by atoms with Crippen LogP contribution in [-0.2, 0) is 19.4 Å². The van der Waals surface area contributed by atoms with Crippen molar-refractivity contribution in [3.63, 3.8) is 0 Å². The van der Waals surface area contributed by atoms with E-state index < -0.39 is 0 Å². The molecule has 5 aromatic rings. The van der Waals surface area contributed by atoms with E-state index in [1.54, 1.807) is 0 Å². The van der Waals surface area contributed by atoms with Crippen molar-refractivity contribution in [2.75, 3.05) is 0 Å². The quantitative estimate of drug-likeness (QED) is 0.507. The monoisotopic (exact) mass is 357 g/mol. The summed E-state index contributed by atoms with van der Waals surface area (Å²) in [5.74, 6) is 1.26. The van der Waals surface area contributed by atoms with Crippen LogP contribution >= 0.6 is 0 Å². The number of aryl methyl sites for hydroxylation is 3. The molecule has 0 bridgehead atoms. The molecule has 3 aromatic heterocycles. The van der Waals surface area contributed by atoms with Gasteiger partial charge in [0, 0.05) is 35.6 Å². The largest absolute Gasteiger partial charge is 0.361 e. The highest BCUT2D eigenvalue weighted by molar-refractivity contribution is 5.83.